The van der Waals surface area contributed by atoms with Crippen LogP contribution in [0.5, 0.6) is 0 Å². The molecular formula is C15H20Cl2N4OS. The number of hydrogen-bond acceptors (Lipinski definition) is 4. The van der Waals surface area contributed by atoms with E-state index in [-0.39, 0.29) is 30.7 Å². The number of amides is 1. The summed E-state index contributed by atoms with van der Waals surface area (Å²) < 4.78 is 0. The summed E-state index contributed by atoms with van der Waals surface area (Å²) in [5.74, 6) is 1.02. The second-order valence-corrected chi connectivity index (χ2v) is 6.78. The van der Waals surface area contributed by atoms with Gasteiger partial charge in [0.1, 0.15) is 5.82 Å². The number of carbonyl (C=O) groups excluding carboxylic acids is 1. The Kier molecular flexibility index (Phi) is 6.08. The van der Waals surface area contributed by atoms with Crippen molar-refractivity contribution in [3.63, 3.8) is 0 Å². The van der Waals surface area contributed by atoms with Gasteiger partial charge in [-0.15, -0.1) is 36.2 Å². The first-order valence-corrected chi connectivity index (χ1v) is 8.27. The van der Waals surface area contributed by atoms with Gasteiger partial charge >= 0.3 is 0 Å². The zero-order valence-corrected chi connectivity index (χ0v) is 15.0. The zero-order chi connectivity index (χ0) is 14.2. The van der Waals surface area contributed by atoms with Crippen molar-refractivity contribution in [1.82, 2.24) is 20.2 Å². The van der Waals surface area contributed by atoms with E-state index in [9.17, 15) is 4.79 Å². The SMILES string of the molecule is Cl.Cl.O=C(c1ccc(-c2ncc[nH]2)s1)N1[C@H]2CCNC[C@@H]1CC2. The fourth-order valence-corrected chi connectivity index (χ4v) is 4.33. The van der Waals surface area contributed by atoms with Crippen molar-refractivity contribution < 1.29 is 4.79 Å². The Labute approximate surface area is 151 Å². The van der Waals surface area contributed by atoms with E-state index in [0.717, 1.165) is 47.9 Å². The molecule has 0 saturated carbocycles. The largest absolute Gasteiger partial charge is 0.344 e. The van der Waals surface area contributed by atoms with Gasteiger partial charge in [0.25, 0.3) is 5.91 Å². The molecule has 2 aromatic rings. The quantitative estimate of drug-likeness (QED) is 0.849. The van der Waals surface area contributed by atoms with E-state index in [1.54, 1.807) is 12.4 Å². The molecule has 2 aliphatic rings. The Morgan fingerprint density at radius 3 is 2.83 bits per heavy atom. The van der Waals surface area contributed by atoms with Crippen LogP contribution in [0.3, 0.4) is 0 Å². The number of hydrogen-bond donors (Lipinski definition) is 2. The average Bonchev–Trinajstić information content (AvgIpc) is 3.15. The fraction of sp³-hybridized carbons (Fsp3) is 0.467. The second-order valence-electron chi connectivity index (χ2n) is 5.69. The molecule has 1 amide bonds. The third kappa shape index (κ3) is 3.40. The van der Waals surface area contributed by atoms with Gasteiger partial charge in [0.15, 0.2) is 0 Å². The minimum Gasteiger partial charge on any atom is -0.344 e. The maximum absolute atomic E-state index is 12.9. The van der Waals surface area contributed by atoms with Crippen LogP contribution < -0.4 is 5.32 Å². The first-order chi connectivity index (χ1) is 10.3. The lowest BCUT2D eigenvalue weighted by Crippen LogP contribution is -2.42. The van der Waals surface area contributed by atoms with Gasteiger partial charge in [0, 0.05) is 31.0 Å². The molecule has 2 aliphatic heterocycles. The van der Waals surface area contributed by atoms with Crippen molar-refractivity contribution in [2.75, 3.05) is 13.1 Å². The first-order valence-electron chi connectivity index (χ1n) is 7.46. The molecule has 0 aromatic carbocycles. The fourth-order valence-electron chi connectivity index (χ4n) is 3.42. The number of rotatable bonds is 2. The normalized spacial score (nSPS) is 22.9. The molecule has 2 fully saturated rings. The van der Waals surface area contributed by atoms with E-state index in [2.05, 4.69) is 20.2 Å². The zero-order valence-electron chi connectivity index (χ0n) is 12.5. The van der Waals surface area contributed by atoms with Gasteiger partial charge in [0.05, 0.1) is 9.75 Å². The van der Waals surface area contributed by atoms with Crippen molar-refractivity contribution >= 4 is 42.1 Å². The Bertz CT molecular complexity index is 632. The lowest BCUT2D eigenvalue weighted by Gasteiger charge is -2.27. The predicted molar refractivity (Wildman–Crippen MR) is 96.9 cm³/mol. The summed E-state index contributed by atoms with van der Waals surface area (Å²) in [5, 5.41) is 3.44. The van der Waals surface area contributed by atoms with Gasteiger partial charge < -0.3 is 15.2 Å². The van der Waals surface area contributed by atoms with Crippen molar-refractivity contribution in [1.29, 1.82) is 0 Å². The van der Waals surface area contributed by atoms with E-state index in [0.29, 0.717) is 12.1 Å². The minimum atomic E-state index is 0. The van der Waals surface area contributed by atoms with E-state index in [4.69, 9.17) is 0 Å². The highest BCUT2D eigenvalue weighted by Gasteiger charge is 2.38. The predicted octanol–water partition coefficient (Wildman–Crippen LogP) is 2.95. The summed E-state index contributed by atoms with van der Waals surface area (Å²) >= 11 is 1.53. The number of imidazole rings is 1. The third-order valence-electron chi connectivity index (χ3n) is 4.44. The summed E-state index contributed by atoms with van der Waals surface area (Å²) in [5.41, 5.74) is 0. The number of carbonyl (C=O) groups is 1. The summed E-state index contributed by atoms with van der Waals surface area (Å²) in [6.07, 6.45) is 6.88. The molecule has 4 rings (SSSR count). The number of halogens is 2. The van der Waals surface area contributed by atoms with Crippen LogP contribution in [-0.2, 0) is 0 Å². The van der Waals surface area contributed by atoms with Crippen LogP contribution in [0.15, 0.2) is 24.5 Å². The maximum Gasteiger partial charge on any atom is 0.264 e. The molecule has 126 valence electrons. The molecule has 2 atom stereocenters. The molecule has 2 bridgehead atoms. The van der Waals surface area contributed by atoms with E-state index >= 15 is 0 Å². The lowest BCUT2D eigenvalue weighted by atomic mass is 10.1. The van der Waals surface area contributed by atoms with Crippen LogP contribution >= 0.6 is 36.2 Å². The summed E-state index contributed by atoms with van der Waals surface area (Å²) in [7, 11) is 0. The molecule has 0 unspecified atom stereocenters. The second kappa shape index (κ2) is 7.66. The number of aromatic amines is 1. The molecule has 23 heavy (non-hydrogen) atoms. The van der Waals surface area contributed by atoms with Crippen molar-refractivity contribution in [2.45, 2.75) is 31.3 Å². The monoisotopic (exact) mass is 374 g/mol. The van der Waals surface area contributed by atoms with Gasteiger partial charge in [-0.25, -0.2) is 4.98 Å². The van der Waals surface area contributed by atoms with Crippen molar-refractivity contribution in [3.8, 4) is 10.7 Å². The highest BCUT2D eigenvalue weighted by Crippen LogP contribution is 2.32. The van der Waals surface area contributed by atoms with Gasteiger partial charge in [-0.3, -0.25) is 4.79 Å². The highest BCUT2D eigenvalue weighted by molar-refractivity contribution is 7.17. The Morgan fingerprint density at radius 1 is 1.22 bits per heavy atom. The number of thiophene rings is 1. The summed E-state index contributed by atoms with van der Waals surface area (Å²) in [4.78, 5) is 24.2. The van der Waals surface area contributed by atoms with Gasteiger partial charge in [-0.1, -0.05) is 0 Å². The Morgan fingerprint density at radius 2 is 2.04 bits per heavy atom. The van der Waals surface area contributed by atoms with Crippen LogP contribution in [0.1, 0.15) is 28.9 Å². The minimum absolute atomic E-state index is 0. The molecule has 0 spiro atoms. The van der Waals surface area contributed by atoms with Gasteiger partial charge in [0.2, 0.25) is 0 Å². The molecule has 2 N–H and O–H groups in total. The molecule has 0 aliphatic carbocycles. The van der Waals surface area contributed by atoms with Crippen molar-refractivity contribution in [2.24, 2.45) is 0 Å². The van der Waals surface area contributed by atoms with E-state index in [1.165, 1.54) is 11.3 Å². The van der Waals surface area contributed by atoms with Gasteiger partial charge in [-0.05, 0) is 37.9 Å². The van der Waals surface area contributed by atoms with E-state index < -0.39 is 0 Å². The molecule has 2 aromatic heterocycles. The lowest BCUT2D eigenvalue weighted by molar-refractivity contribution is 0.0685. The molecular weight excluding hydrogens is 355 g/mol. The summed E-state index contributed by atoms with van der Waals surface area (Å²) in [6.45, 7) is 1.95. The molecule has 0 radical (unpaired) electrons. The molecule has 2 saturated heterocycles. The third-order valence-corrected chi connectivity index (χ3v) is 5.52. The van der Waals surface area contributed by atoms with Crippen LogP contribution in [-0.4, -0.2) is 45.9 Å². The molecule has 4 heterocycles. The Hall–Kier alpha value is -1.08. The first kappa shape index (κ1) is 18.3. The Balaban J connectivity index is 0.000000960. The number of H-pyrrole nitrogens is 1. The van der Waals surface area contributed by atoms with Gasteiger partial charge in [-0.2, -0.15) is 0 Å². The maximum atomic E-state index is 12.9. The van der Waals surface area contributed by atoms with Crippen LogP contribution in [0, 0.1) is 0 Å². The highest BCUT2D eigenvalue weighted by atomic mass is 35.5. The molecule has 8 heteroatoms. The smallest absolute Gasteiger partial charge is 0.264 e. The number of nitrogens with zero attached hydrogens (tertiary/aromatic N) is 2. The topological polar surface area (TPSA) is 61.0 Å². The number of nitrogens with one attached hydrogen (secondary N) is 2. The van der Waals surface area contributed by atoms with Crippen molar-refractivity contribution in [3.05, 3.63) is 29.4 Å². The van der Waals surface area contributed by atoms with Crippen LogP contribution in [0.4, 0.5) is 0 Å². The standard InChI is InChI=1S/C15H18N4OS.2ClH/c20-15(19-10-1-2-11(19)9-16-6-5-10)13-4-3-12(21-13)14-17-7-8-18-14;;/h3-4,7-8,10-11,16H,1-2,5-6,9H2,(H,17,18);2*1H/t10-,11+;;/m1../s1. The molecule has 5 nitrogen and oxygen atoms in total. The van der Waals surface area contributed by atoms with Crippen LogP contribution in [0.25, 0.3) is 10.7 Å². The van der Waals surface area contributed by atoms with E-state index in [1.807, 2.05) is 12.1 Å². The number of fused-ring (bicyclic) bond motifs is 2. The van der Waals surface area contributed by atoms with Crippen LogP contribution in [0.2, 0.25) is 0 Å². The number of aromatic nitrogens is 2. The summed E-state index contributed by atoms with van der Waals surface area (Å²) in [6, 6.07) is 4.68. The average molecular weight is 375 g/mol.